The quantitative estimate of drug-likeness (QED) is 0.00655. The number of hydrogen-bond acceptors (Lipinski definition) is 28. The van der Waals surface area contributed by atoms with E-state index < -0.39 is 12.2 Å². The number of aryl methyl sites for hydroxylation is 8. The van der Waals surface area contributed by atoms with Gasteiger partial charge in [0.2, 0.25) is 23.4 Å². The van der Waals surface area contributed by atoms with Gasteiger partial charge in [-0.1, -0.05) is 150 Å². The molecule has 5 aromatic carbocycles. The van der Waals surface area contributed by atoms with Crippen molar-refractivity contribution >= 4 is 259 Å². The normalized spacial score (nSPS) is 10.5. The van der Waals surface area contributed by atoms with Crippen LogP contribution in [0.3, 0.4) is 0 Å². The zero-order chi connectivity index (χ0) is 107. The van der Waals surface area contributed by atoms with Gasteiger partial charge in [0.15, 0.2) is 18.2 Å². The molecule has 0 fully saturated rings. The molecule has 0 radical (unpaired) electrons. The first-order valence-electron chi connectivity index (χ1n) is 45.8. The molecule has 812 valence electrons. The molecule has 36 heteroatoms. The van der Waals surface area contributed by atoms with E-state index in [2.05, 4.69) is 215 Å². The number of likely N-dealkylation sites (N-methyl/N-ethyl adjacent to an activating group) is 2. The van der Waals surface area contributed by atoms with E-state index in [0.717, 1.165) is 103 Å². The summed E-state index contributed by atoms with van der Waals surface area (Å²) in [7, 11) is 14.2. The fourth-order valence-electron chi connectivity index (χ4n) is 13.6. The number of alkyl halides is 2. The molecule has 8 aromatic heterocycles. The predicted molar refractivity (Wildman–Crippen MR) is 656 cm³/mol. The van der Waals surface area contributed by atoms with E-state index in [-0.39, 0.29) is 132 Å². The largest absolute Gasteiger partial charge is 1.00 e. The molecule has 0 saturated carbocycles. The maximum Gasteiger partial charge on any atom is 1.00 e. The van der Waals surface area contributed by atoms with Crippen molar-refractivity contribution in [3.05, 3.63) is 233 Å². The fraction of sp³-hybridized carbons (Fsp3) is 0.429. The molecule has 21 nitrogen and oxygen atoms in total. The molecular weight excluding hydrogens is 2380 g/mol. The van der Waals surface area contributed by atoms with Crippen LogP contribution in [0.15, 0.2) is 172 Å². The summed E-state index contributed by atoms with van der Waals surface area (Å²) in [5, 5.41) is 78.7. The number of amides is 1. The number of benzene rings is 5. The number of fused-ring (bicyclic) bond motifs is 4. The second-order valence-corrected chi connectivity index (χ2v) is 40.9. The predicted octanol–water partition coefficient (Wildman–Crippen LogP) is 32.0. The molecule has 0 spiro atoms. The van der Waals surface area contributed by atoms with E-state index in [1.165, 1.54) is 103 Å². The third kappa shape index (κ3) is 55.2. The van der Waals surface area contributed by atoms with E-state index in [0.29, 0.717) is 36.9 Å². The Hall–Kier alpha value is -6.99. The van der Waals surface area contributed by atoms with Crippen LogP contribution in [0.4, 0.5) is 5.69 Å². The summed E-state index contributed by atoms with van der Waals surface area (Å²) < 4.78 is 24.1. The minimum Gasteiger partial charge on any atom is -1.00 e. The second kappa shape index (κ2) is 89.4. The van der Waals surface area contributed by atoms with Gasteiger partial charge in [0.1, 0.15) is 58.9 Å². The fourth-order valence-corrected chi connectivity index (χ4v) is 20.8. The molecule has 0 aliphatic rings. The monoisotopic (exact) mass is 2530 g/mol. The van der Waals surface area contributed by atoms with Crippen LogP contribution < -0.4 is 54.6 Å². The number of para-hydroxylation sites is 1. The van der Waals surface area contributed by atoms with Crippen molar-refractivity contribution in [2.75, 3.05) is 80.3 Å². The average Bonchev–Trinajstić information content (AvgIpc) is 1.69. The van der Waals surface area contributed by atoms with Crippen LogP contribution in [0, 0.1) is 73.0 Å². The Balaban J connectivity index is -0.000000303. The summed E-state index contributed by atoms with van der Waals surface area (Å²) in [6.45, 7) is 28.6. The number of carbonyl (C=O) groups excluding carboxylic acids is 6. The zero-order valence-electron chi connectivity index (χ0n) is 87.0. The number of phenolic OH excluding ortho intramolecular Hbond substituents is 1. The average molecular weight is 2540 g/mol. The number of nitriles is 4. The summed E-state index contributed by atoms with van der Waals surface area (Å²) in [4.78, 5) is 78.5. The Morgan fingerprint density at radius 2 is 0.953 bits per heavy atom. The van der Waals surface area contributed by atoms with Crippen molar-refractivity contribution < 1.29 is 88.7 Å². The zero-order valence-corrected chi connectivity index (χ0v) is 103. The van der Waals surface area contributed by atoms with E-state index in [4.69, 9.17) is 36.3 Å². The van der Waals surface area contributed by atoms with E-state index >= 15 is 0 Å². The second-order valence-electron chi connectivity index (χ2n) is 31.1. The molecule has 0 aliphatic carbocycles. The van der Waals surface area contributed by atoms with Crippen LogP contribution in [0.5, 0.6) is 23.0 Å². The Labute approximate surface area is 985 Å². The number of halogens is 6. The number of Topliss-reactive ketones (excluding diaryl/α,β-unsaturated/α-hetero) is 4. The molecule has 148 heavy (non-hydrogen) atoms. The Morgan fingerprint density at radius 3 is 1.29 bits per heavy atom. The van der Waals surface area contributed by atoms with Crippen molar-refractivity contribution in [3.63, 3.8) is 0 Å². The Kier molecular flexibility index (Phi) is 91.6. The minimum atomic E-state index is -0.555. The number of ether oxygens (including phenoxy) is 3. The summed E-state index contributed by atoms with van der Waals surface area (Å²) >= 11 is 33.3. The number of phenols is 1. The number of ketones is 4. The molecule has 4 unspecified atom stereocenters. The maximum absolute atomic E-state index is 11.7. The standard InChI is InChI=1S/C20H20N2OS.C18H25N3OS.C13H13NOS.C11H14O2S.C11H12OS.C8H9BrOS.C8H10OS.C6H13NO2.C4H3BrS.C4H7ClO.C2H2BrN.C2H7NO.5CH4.Br2.Na.H/c1-3-17-18-9-10-24-20(18)14(2)11-19(17)23-16(12-21)13-22-15-7-5-4-6-8-15;1-7-13-14-8-9-23-17(14)12(2)10-15(13)22-16(11-19)18(20(3)4)21(5)6;1-3-10-11-4-7-16-13(11)9(2)8-12(10)15-6-5-14;1-3-10(9-4-5-14-7-9)11(13)6-8(2)12;1-3-8-9-4-5-13-11(9)7(2)6-10(8)12;1-2-7(9)8(10)6-3-4-11-5-6;1-2-3-8(9)7-4-5-10-6-7;1-4-5-6(8)7(2)9-3;5-4-1-2-6-3-4;1-2-3-4(5)6;3-1-2-4;1-3-4-2;;;;;;1-2;;/h4-11,16,22H,3,13H2,1-2H3;8-10,16,18H,7H2,1-6H3;4,7-8H,3,6H2,1-2H3;4-5,7,10H,3,6H2,1-2H3;4-6,12H,3H2,1-2H3;3-5,7H,2H2,1H3;4-6H,2-3H2,1H3;4-5H2,1-3H3;1-3H;2-3H2,1H3;1H2;3H,1-2H3;5*1H4;;;/q;;;;;;;;;;;;;;;;;;+1;-1. The molecule has 3 N–H and O–H groups in total. The van der Waals surface area contributed by atoms with Crippen LogP contribution in [0.1, 0.15) is 242 Å². The number of hydroxylamine groups is 3. The summed E-state index contributed by atoms with van der Waals surface area (Å²) in [5.74, 6) is 3.32. The number of hydrogen-bond donors (Lipinski definition) is 3. The van der Waals surface area contributed by atoms with Gasteiger partial charge >= 0.3 is 29.6 Å². The van der Waals surface area contributed by atoms with E-state index in [9.17, 15) is 44.4 Å². The van der Waals surface area contributed by atoms with E-state index in [1.807, 2.05) is 201 Å². The van der Waals surface area contributed by atoms with Gasteiger partial charge in [-0.3, -0.25) is 43.4 Å². The van der Waals surface area contributed by atoms with Gasteiger partial charge in [0.25, 0.3) is 0 Å². The molecule has 4 atom stereocenters. The number of rotatable bonds is 33. The van der Waals surface area contributed by atoms with Crippen LogP contribution in [0.2, 0.25) is 0 Å². The number of nitrogens with one attached hydrogen (secondary N) is 2. The van der Waals surface area contributed by atoms with Gasteiger partial charge in [-0.05, 0) is 331 Å². The number of anilines is 1. The first-order chi connectivity index (χ1) is 68.1. The number of thiophene rings is 8. The summed E-state index contributed by atoms with van der Waals surface area (Å²) in [5.41, 5.74) is 15.6. The number of aromatic hydroxyl groups is 1. The summed E-state index contributed by atoms with van der Waals surface area (Å²) in [6.07, 6.45) is 8.45. The first kappa shape index (κ1) is 152. The van der Waals surface area contributed by atoms with Gasteiger partial charge in [-0.2, -0.15) is 66.4 Å². The third-order valence-electron chi connectivity index (χ3n) is 20.3. The van der Waals surface area contributed by atoms with Crippen molar-refractivity contribution in [2.45, 2.75) is 247 Å². The number of carbonyl (C=O) groups is 6. The summed E-state index contributed by atoms with van der Waals surface area (Å²) in [6, 6.07) is 42.5. The molecule has 0 aliphatic heterocycles. The van der Waals surface area contributed by atoms with Gasteiger partial charge in [0.05, 0.1) is 43.4 Å². The molecule has 13 rings (SSSR count). The van der Waals surface area contributed by atoms with Crippen LogP contribution >= 0.6 is 178 Å². The van der Waals surface area contributed by atoms with E-state index in [1.54, 1.807) is 112 Å². The number of nitrogens with zero attached hydrogens (tertiary/aromatic N) is 7. The first-order valence-corrected chi connectivity index (χ1v) is 60.0. The van der Waals surface area contributed by atoms with Crippen LogP contribution in [-0.2, 0) is 54.5 Å². The van der Waals surface area contributed by atoms with Crippen molar-refractivity contribution in [1.82, 2.24) is 20.3 Å². The molecular formula is C112H156Br5ClN9NaO12S8. The third-order valence-corrected chi connectivity index (χ3v) is 29.6. The van der Waals surface area contributed by atoms with Crippen molar-refractivity contribution in [2.24, 2.45) is 0 Å². The molecule has 1 amide bonds. The van der Waals surface area contributed by atoms with Gasteiger partial charge in [-0.15, -0.1) is 45.3 Å². The molecule has 8 heterocycles. The SMILES string of the molecule is BrBr.Brc1ccsc1.C.C.C.C.C.CCC(Br)C(=O)c1ccsc1.CCC(C(=O)CC(C)=O)c1ccsc1.CCCC(=O)Cl.CCCC(=O)N(C)OC.CCCC(=O)c1ccsc1.CCc1c(O)cc(C)c2sccc12.CCc1c(OC(C#N)C(N(C)C)N(C)C)cc(C)c2sccc12.CCc1c(OC(C#N)CNc2ccccc2)cc(C)c2sccc12.CCc1c(OCC#N)cc(C)c2sccc12.CNOC.N#CCBr.[H-].[Na+]. The van der Waals surface area contributed by atoms with Crippen LogP contribution in [-0.4, -0.2) is 152 Å². The van der Waals surface area contributed by atoms with Gasteiger partial charge in [0, 0.05) is 146 Å². The topological polar surface area (TPSA) is 298 Å². The molecule has 13 aromatic rings. The molecule has 0 saturated heterocycles. The van der Waals surface area contributed by atoms with Gasteiger partial charge < -0.3 is 30.9 Å². The van der Waals surface area contributed by atoms with Crippen LogP contribution in [0.25, 0.3) is 40.3 Å². The smallest absolute Gasteiger partial charge is 1.00 e. The Bertz CT molecular complexity index is 5940. The maximum atomic E-state index is 11.7. The minimum absolute atomic E-state index is 0. The van der Waals surface area contributed by atoms with Gasteiger partial charge in [-0.25, -0.2) is 10.5 Å². The Morgan fingerprint density at radius 1 is 0.534 bits per heavy atom. The van der Waals surface area contributed by atoms with Crippen molar-refractivity contribution in [3.8, 4) is 47.3 Å². The van der Waals surface area contributed by atoms with Crippen molar-refractivity contribution in [1.29, 1.82) is 21.0 Å². The molecule has 0 bridgehead atoms.